The van der Waals surface area contributed by atoms with E-state index >= 15 is 0 Å². The zero-order chi connectivity index (χ0) is 24.5. The zero-order valence-corrected chi connectivity index (χ0v) is 19.8. The van der Waals surface area contributed by atoms with Crippen molar-refractivity contribution in [2.75, 3.05) is 4.90 Å². The Morgan fingerprint density at radius 3 is 2.54 bits per heavy atom. The number of fused-ring (bicyclic) bond motifs is 6. The number of nitriles is 1. The molecular formula is C27H22ClN3O4. The number of halogens is 1. The van der Waals surface area contributed by atoms with E-state index in [9.17, 15) is 19.6 Å². The number of carbonyl (C=O) groups excluding carboxylic acids is 2. The van der Waals surface area contributed by atoms with E-state index in [4.69, 9.17) is 16.3 Å². The van der Waals surface area contributed by atoms with Gasteiger partial charge in [-0.1, -0.05) is 35.9 Å². The minimum absolute atomic E-state index is 0.180. The summed E-state index contributed by atoms with van der Waals surface area (Å²) in [6.07, 6.45) is 3.31. The number of nitrogens with zero attached hydrogens (tertiary/aromatic N) is 3. The number of carbonyl (C=O) groups is 2. The molecule has 0 spiro atoms. The van der Waals surface area contributed by atoms with Gasteiger partial charge in [-0.3, -0.25) is 14.4 Å². The summed E-state index contributed by atoms with van der Waals surface area (Å²) in [7, 11) is 0. The molecule has 0 radical (unpaired) electrons. The first-order chi connectivity index (χ1) is 16.8. The van der Waals surface area contributed by atoms with Crippen LogP contribution in [0.15, 0.2) is 59.5 Å². The van der Waals surface area contributed by atoms with Gasteiger partial charge in [0.25, 0.3) is 5.56 Å². The van der Waals surface area contributed by atoms with Gasteiger partial charge in [0.1, 0.15) is 0 Å². The van der Waals surface area contributed by atoms with Crippen LogP contribution < -0.4 is 10.5 Å². The largest absolute Gasteiger partial charge is 0.367 e. The molecule has 176 valence electrons. The highest BCUT2D eigenvalue weighted by molar-refractivity contribution is 6.30. The number of anilines is 1. The number of ether oxygens (including phenoxy) is 1. The SMILES string of the molecule is C[C@@]12CC[C@](CCn3cc(Cl)ccc3=O)(O1)C1C(=O)N(c3ccc(C#N)c4ccccc34)C(=O)[C@H]12. The molecule has 6 rings (SSSR count). The molecule has 3 saturated heterocycles. The maximum absolute atomic E-state index is 13.9. The van der Waals surface area contributed by atoms with Gasteiger partial charge >= 0.3 is 0 Å². The minimum atomic E-state index is -0.828. The lowest BCUT2D eigenvalue weighted by Crippen LogP contribution is -2.43. The quantitative estimate of drug-likeness (QED) is 0.518. The predicted molar refractivity (Wildman–Crippen MR) is 130 cm³/mol. The molecule has 2 bridgehead atoms. The number of benzene rings is 2. The normalized spacial score (nSPS) is 29.1. The van der Waals surface area contributed by atoms with Crippen molar-refractivity contribution in [3.63, 3.8) is 0 Å². The van der Waals surface area contributed by atoms with Crippen LogP contribution in [0.2, 0.25) is 5.02 Å². The van der Waals surface area contributed by atoms with Crippen molar-refractivity contribution < 1.29 is 14.3 Å². The predicted octanol–water partition coefficient (Wildman–Crippen LogP) is 4.04. The Morgan fingerprint density at radius 1 is 1.03 bits per heavy atom. The van der Waals surface area contributed by atoms with Crippen molar-refractivity contribution in [3.05, 3.63) is 75.7 Å². The Bertz CT molecular complexity index is 1520. The summed E-state index contributed by atoms with van der Waals surface area (Å²) in [4.78, 5) is 41.3. The number of amides is 2. The van der Waals surface area contributed by atoms with Gasteiger partial charge in [0.05, 0.1) is 45.4 Å². The van der Waals surface area contributed by atoms with Crippen molar-refractivity contribution in [2.45, 2.75) is 43.9 Å². The van der Waals surface area contributed by atoms with E-state index in [1.54, 1.807) is 24.4 Å². The fourth-order valence-electron chi connectivity index (χ4n) is 6.41. The molecular weight excluding hydrogens is 466 g/mol. The molecule has 1 unspecified atom stereocenters. The highest BCUT2D eigenvalue weighted by Crippen LogP contribution is 2.62. The fraction of sp³-hybridized carbons (Fsp3) is 0.333. The monoisotopic (exact) mass is 487 g/mol. The number of aryl methyl sites for hydroxylation is 1. The summed E-state index contributed by atoms with van der Waals surface area (Å²) in [5.74, 6) is -1.76. The standard InChI is InChI=1S/C27H22ClN3O4/c1-26-10-11-27(35-26,12-13-30-15-17(28)7-9-21(30)32)23-22(26)24(33)31(25(23)34)20-8-6-16(14-29)18-4-2-3-5-19(18)20/h2-9,15,22-23H,10-13H2,1H3/t22-,23?,26-,27+/m0/s1. The molecule has 3 fully saturated rings. The maximum atomic E-state index is 13.9. The Hall–Kier alpha value is -3.47. The molecule has 0 saturated carbocycles. The molecule has 2 amide bonds. The van der Waals surface area contributed by atoms with Gasteiger partial charge in [0.15, 0.2) is 0 Å². The molecule has 7 nitrogen and oxygen atoms in total. The van der Waals surface area contributed by atoms with E-state index in [0.717, 1.165) is 0 Å². The number of hydrogen-bond acceptors (Lipinski definition) is 5. The first kappa shape index (κ1) is 22.0. The molecule has 0 N–H and O–H groups in total. The van der Waals surface area contributed by atoms with Crippen LogP contribution in [0, 0.1) is 23.2 Å². The van der Waals surface area contributed by atoms with Crippen LogP contribution in [0.5, 0.6) is 0 Å². The third kappa shape index (κ3) is 3.03. The summed E-state index contributed by atoms with van der Waals surface area (Å²) in [6.45, 7) is 2.25. The van der Waals surface area contributed by atoms with Crippen LogP contribution in [0.4, 0.5) is 5.69 Å². The van der Waals surface area contributed by atoms with Crippen LogP contribution in [0.25, 0.3) is 10.8 Å². The summed E-state index contributed by atoms with van der Waals surface area (Å²) in [5, 5.41) is 11.4. The molecule has 4 heterocycles. The van der Waals surface area contributed by atoms with Gasteiger partial charge in [-0.15, -0.1) is 0 Å². The molecule has 35 heavy (non-hydrogen) atoms. The second-order valence-corrected chi connectivity index (χ2v) is 10.3. The number of rotatable bonds is 4. The molecule has 0 aliphatic carbocycles. The number of imide groups is 1. The highest BCUT2D eigenvalue weighted by Gasteiger charge is 2.73. The van der Waals surface area contributed by atoms with E-state index in [2.05, 4.69) is 6.07 Å². The Morgan fingerprint density at radius 2 is 1.77 bits per heavy atom. The second-order valence-electron chi connectivity index (χ2n) is 9.87. The lowest BCUT2D eigenvalue weighted by Gasteiger charge is -2.31. The summed E-state index contributed by atoms with van der Waals surface area (Å²) < 4.78 is 8.02. The fourth-order valence-corrected chi connectivity index (χ4v) is 6.59. The zero-order valence-electron chi connectivity index (χ0n) is 19.0. The lowest BCUT2D eigenvalue weighted by molar-refractivity contribution is -0.130. The van der Waals surface area contributed by atoms with Crippen LogP contribution in [0.3, 0.4) is 0 Å². The summed E-state index contributed by atoms with van der Waals surface area (Å²) in [5.41, 5.74) is -0.768. The van der Waals surface area contributed by atoms with E-state index in [1.165, 1.54) is 15.5 Å². The number of aromatic nitrogens is 1. The Kier molecular flexibility index (Phi) is 4.73. The second kappa shape index (κ2) is 7.51. The Labute approximate surface area is 206 Å². The van der Waals surface area contributed by atoms with Crippen molar-refractivity contribution in [3.8, 4) is 6.07 Å². The topological polar surface area (TPSA) is 92.4 Å². The van der Waals surface area contributed by atoms with Gasteiger partial charge in [-0.25, -0.2) is 4.90 Å². The highest BCUT2D eigenvalue weighted by atomic mass is 35.5. The summed E-state index contributed by atoms with van der Waals surface area (Å²) >= 11 is 6.08. The van der Waals surface area contributed by atoms with Crippen LogP contribution in [-0.4, -0.2) is 27.6 Å². The van der Waals surface area contributed by atoms with Crippen molar-refractivity contribution in [2.24, 2.45) is 11.8 Å². The van der Waals surface area contributed by atoms with Crippen LogP contribution in [0.1, 0.15) is 31.7 Å². The molecule has 3 aliphatic rings. The molecule has 4 atom stereocenters. The van der Waals surface area contributed by atoms with Gasteiger partial charge < -0.3 is 9.30 Å². The van der Waals surface area contributed by atoms with E-state index < -0.39 is 23.0 Å². The molecule has 1 aromatic heterocycles. The number of hydrogen-bond donors (Lipinski definition) is 0. The Balaban J connectivity index is 1.40. The van der Waals surface area contributed by atoms with Gasteiger partial charge in [-0.05, 0) is 44.4 Å². The summed E-state index contributed by atoms with van der Waals surface area (Å²) in [6, 6.07) is 15.8. The van der Waals surface area contributed by atoms with Gasteiger partial charge in [0, 0.05) is 29.6 Å². The smallest absolute Gasteiger partial charge is 0.250 e. The van der Waals surface area contributed by atoms with E-state index in [-0.39, 0.29) is 17.4 Å². The van der Waals surface area contributed by atoms with Crippen LogP contribution in [-0.2, 0) is 20.9 Å². The van der Waals surface area contributed by atoms with E-state index in [1.807, 2.05) is 31.2 Å². The van der Waals surface area contributed by atoms with Gasteiger partial charge in [0.2, 0.25) is 11.8 Å². The van der Waals surface area contributed by atoms with Crippen LogP contribution >= 0.6 is 11.6 Å². The molecule has 8 heteroatoms. The van der Waals surface area contributed by atoms with E-state index in [0.29, 0.717) is 52.9 Å². The van der Waals surface area contributed by atoms with Crippen molar-refractivity contribution in [1.82, 2.24) is 4.57 Å². The third-order valence-corrected chi connectivity index (χ3v) is 8.22. The average Bonchev–Trinajstić information content (AvgIpc) is 3.43. The first-order valence-corrected chi connectivity index (χ1v) is 12.0. The first-order valence-electron chi connectivity index (χ1n) is 11.6. The van der Waals surface area contributed by atoms with Crippen molar-refractivity contribution >= 4 is 39.9 Å². The lowest BCUT2D eigenvalue weighted by atomic mass is 9.67. The average molecular weight is 488 g/mol. The molecule has 2 aromatic carbocycles. The molecule has 3 aromatic rings. The third-order valence-electron chi connectivity index (χ3n) is 8.00. The van der Waals surface area contributed by atoms with Crippen molar-refractivity contribution in [1.29, 1.82) is 5.26 Å². The number of pyridine rings is 1. The molecule has 3 aliphatic heterocycles. The minimum Gasteiger partial charge on any atom is -0.367 e. The van der Waals surface area contributed by atoms with Gasteiger partial charge in [-0.2, -0.15) is 5.26 Å². The maximum Gasteiger partial charge on any atom is 0.250 e.